The number of hydrogen-bond donors (Lipinski definition) is 1. The van der Waals surface area contributed by atoms with Crippen LogP contribution in [0.15, 0.2) is 46.9 Å². The van der Waals surface area contributed by atoms with Crippen molar-refractivity contribution in [2.75, 3.05) is 6.61 Å². The van der Waals surface area contributed by atoms with Crippen molar-refractivity contribution in [1.29, 1.82) is 0 Å². The highest BCUT2D eigenvalue weighted by atomic mass is 16.5. The summed E-state index contributed by atoms with van der Waals surface area (Å²) in [4.78, 5) is 12.2. The van der Waals surface area contributed by atoms with Crippen LogP contribution in [0.2, 0.25) is 0 Å². The maximum absolute atomic E-state index is 12.2. The molecule has 0 bridgehead atoms. The molecule has 112 valence electrons. The Bertz CT molecular complexity index is 577. The molecule has 4 nitrogen and oxygen atoms in total. The van der Waals surface area contributed by atoms with Gasteiger partial charge in [-0.2, -0.15) is 0 Å². The first-order valence-corrected chi connectivity index (χ1v) is 7.15. The molecular weight excluding hydrogens is 266 g/mol. The van der Waals surface area contributed by atoms with Gasteiger partial charge in [-0.3, -0.25) is 5.32 Å². The van der Waals surface area contributed by atoms with Gasteiger partial charge in [-0.05, 0) is 38.5 Å². The molecule has 0 aliphatic heterocycles. The molecule has 2 rings (SSSR count). The van der Waals surface area contributed by atoms with Crippen LogP contribution in [0.4, 0.5) is 0 Å². The first kappa shape index (κ1) is 15.3. The molecule has 0 aliphatic rings. The van der Waals surface area contributed by atoms with Crippen LogP contribution in [0.5, 0.6) is 0 Å². The van der Waals surface area contributed by atoms with Crippen molar-refractivity contribution < 1.29 is 13.9 Å². The number of rotatable bonds is 6. The van der Waals surface area contributed by atoms with E-state index in [1.807, 2.05) is 56.3 Å². The largest absolute Gasteiger partial charge is 0.465 e. The van der Waals surface area contributed by atoms with Crippen molar-refractivity contribution in [2.45, 2.75) is 32.9 Å². The highest BCUT2D eigenvalue weighted by Crippen LogP contribution is 2.22. The zero-order valence-electron chi connectivity index (χ0n) is 12.6. The Morgan fingerprint density at radius 2 is 1.95 bits per heavy atom. The SMILES string of the molecule is CCOC(=O)C(NC(C)c1ccc(C)o1)c1ccccc1. The number of hydrogen-bond acceptors (Lipinski definition) is 4. The lowest BCUT2D eigenvalue weighted by atomic mass is 10.1. The lowest BCUT2D eigenvalue weighted by Gasteiger charge is -2.21. The van der Waals surface area contributed by atoms with Gasteiger partial charge < -0.3 is 9.15 Å². The molecule has 21 heavy (non-hydrogen) atoms. The monoisotopic (exact) mass is 287 g/mol. The van der Waals surface area contributed by atoms with E-state index >= 15 is 0 Å². The molecule has 0 amide bonds. The first-order chi connectivity index (χ1) is 10.1. The van der Waals surface area contributed by atoms with Gasteiger partial charge >= 0.3 is 5.97 Å². The summed E-state index contributed by atoms with van der Waals surface area (Å²) in [5.41, 5.74) is 0.881. The van der Waals surface area contributed by atoms with Gasteiger partial charge in [0.25, 0.3) is 0 Å². The second-order valence-corrected chi connectivity index (χ2v) is 4.93. The van der Waals surface area contributed by atoms with Gasteiger partial charge in [-0.25, -0.2) is 4.79 Å². The van der Waals surface area contributed by atoms with Gasteiger partial charge in [-0.15, -0.1) is 0 Å². The molecule has 0 saturated heterocycles. The van der Waals surface area contributed by atoms with Crippen LogP contribution in [-0.2, 0) is 9.53 Å². The molecule has 0 spiro atoms. The smallest absolute Gasteiger partial charge is 0.327 e. The maximum Gasteiger partial charge on any atom is 0.327 e. The molecular formula is C17H21NO3. The number of ether oxygens (including phenoxy) is 1. The first-order valence-electron chi connectivity index (χ1n) is 7.15. The lowest BCUT2D eigenvalue weighted by molar-refractivity contribution is -0.146. The number of esters is 1. The number of aryl methyl sites for hydroxylation is 1. The van der Waals surface area contributed by atoms with Crippen LogP contribution in [-0.4, -0.2) is 12.6 Å². The minimum Gasteiger partial charge on any atom is -0.465 e. The Hall–Kier alpha value is -2.07. The van der Waals surface area contributed by atoms with E-state index in [0.29, 0.717) is 6.61 Å². The predicted octanol–water partition coefficient (Wildman–Crippen LogP) is 3.54. The Morgan fingerprint density at radius 1 is 1.24 bits per heavy atom. The second kappa shape index (κ2) is 7.09. The topological polar surface area (TPSA) is 51.5 Å². The van der Waals surface area contributed by atoms with E-state index < -0.39 is 6.04 Å². The summed E-state index contributed by atoms with van der Waals surface area (Å²) < 4.78 is 10.8. The minimum atomic E-state index is -0.508. The highest BCUT2D eigenvalue weighted by molar-refractivity contribution is 5.77. The average Bonchev–Trinajstić information content (AvgIpc) is 2.92. The van der Waals surface area contributed by atoms with Crippen molar-refractivity contribution in [3.05, 3.63) is 59.5 Å². The van der Waals surface area contributed by atoms with Crippen molar-refractivity contribution in [3.63, 3.8) is 0 Å². The normalized spacial score (nSPS) is 13.7. The van der Waals surface area contributed by atoms with E-state index in [4.69, 9.17) is 9.15 Å². The van der Waals surface area contributed by atoms with E-state index in [9.17, 15) is 4.79 Å². The standard InChI is InChI=1S/C17H21NO3/c1-4-20-17(19)16(14-8-6-5-7-9-14)18-13(3)15-11-10-12(2)21-15/h5-11,13,16,18H,4H2,1-3H3. The molecule has 1 N–H and O–H groups in total. The van der Waals surface area contributed by atoms with Crippen LogP contribution < -0.4 is 5.32 Å². The molecule has 4 heteroatoms. The fourth-order valence-electron chi connectivity index (χ4n) is 2.19. The molecule has 0 aliphatic carbocycles. The van der Waals surface area contributed by atoms with Gasteiger partial charge in [0.05, 0.1) is 12.6 Å². The Balaban J connectivity index is 2.18. The van der Waals surface area contributed by atoms with Crippen molar-refractivity contribution >= 4 is 5.97 Å². The summed E-state index contributed by atoms with van der Waals surface area (Å²) in [6.07, 6.45) is 0. The number of nitrogens with one attached hydrogen (secondary N) is 1. The lowest BCUT2D eigenvalue weighted by Crippen LogP contribution is -2.32. The third kappa shape index (κ3) is 3.95. The van der Waals surface area contributed by atoms with Gasteiger partial charge in [-0.1, -0.05) is 30.3 Å². The third-order valence-electron chi connectivity index (χ3n) is 3.26. The maximum atomic E-state index is 12.2. The van der Waals surface area contributed by atoms with Gasteiger partial charge in [0, 0.05) is 0 Å². The second-order valence-electron chi connectivity index (χ2n) is 4.93. The molecule has 0 fully saturated rings. The molecule has 2 atom stereocenters. The fourth-order valence-corrected chi connectivity index (χ4v) is 2.19. The van der Waals surface area contributed by atoms with E-state index in [0.717, 1.165) is 17.1 Å². The van der Waals surface area contributed by atoms with Crippen LogP contribution in [0, 0.1) is 6.92 Å². The Morgan fingerprint density at radius 3 is 2.52 bits per heavy atom. The summed E-state index contributed by atoms with van der Waals surface area (Å²) in [6, 6.07) is 12.8. The third-order valence-corrected chi connectivity index (χ3v) is 3.26. The highest BCUT2D eigenvalue weighted by Gasteiger charge is 2.24. The molecule has 0 radical (unpaired) electrons. The van der Waals surface area contributed by atoms with Gasteiger partial charge in [0.15, 0.2) is 0 Å². The zero-order chi connectivity index (χ0) is 15.2. The van der Waals surface area contributed by atoms with E-state index in [-0.39, 0.29) is 12.0 Å². The summed E-state index contributed by atoms with van der Waals surface area (Å²) in [5, 5.41) is 3.28. The number of carbonyl (C=O) groups is 1. The number of furan rings is 1. The summed E-state index contributed by atoms with van der Waals surface area (Å²) in [6.45, 7) is 6.03. The van der Waals surface area contributed by atoms with Crippen LogP contribution in [0.25, 0.3) is 0 Å². The predicted molar refractivity (Wildman–Crippen MR) is 80.8 cm³/mol. The molecule has 1 heterocycles. The Kier molecular flexibility index (Phi) is 5.17. The molecule has 2 aromatic rings. The summed E-state index contributed by atoms with van der Waals surface area (Å²) >= 11 is 0. The van der Waals surface area contributed by atoms with Crippen molar-refractivity contribution in [3.8, 4) is 0 Å². The summed E-state index contributed by atoms with van der Waals surface area (Å²) in [5.74, 6) is 1.38. The van der Waals surface area contributed by atoms with Gasteiger partial charge in [0.2, 0.25) is 0 Å². The van der Waals surface area contributed by atoms with Crippen molar-refractivity contribution in [2.24, 2.45) is 0 Å². The number of carbonyl (C=O) groups excluding carboxylic acids is 1. The molecule has 1 aromatic carbocycles. The van der Waals surface area contributed by atoms with E-state index in [1.165, 1.54) is 0 Å². The zero-order valence-corrected chi connectivity index (χ0v) is 12.6. The Labute approximate surface area is 125 Å². The van der Waals surface area contributed by atoms with E-state index in [1.54, 1.807) is 6.92 Å². The molecule has 1 aromatic heterocycles. The summed E-state index contributed by atoms with van der Waals surface area (Å²) in [7, 11) is 0. The minimum absolute atomic E-state index is 0.0895. The quantitative estimate of drug-likeness (QED) is 0.826. The van der Waals surface area contributed by atoms with Gasteiger partial charge in [0.1, 0.15) is 17.6 Å². The number of benzene rings is 1. The molecule has 2 unspecified atom stereocenters. The average molecular weight is 287 g/mol. The van der Waals surface area contributed by atoms with Crippen molar-refractivity contribution in [1.82, 2.24) is 5.32 Å². The van der Waals surface area contributed by atoms with E-state index in [2.05, 4.69) is 5.32 Å². The van der Waals surface area contributed by atoms with Crippen LogP contribution in [0.3, 0.4) is 0 Å². The fraction of sp³-hybridized carbons (Fsp3) is 0.353. The van der Waals surface area contributed by atoms with Crippen LogP contribution >= 0.6 is 0 Å². The van der Waals surface area contributed by atoms with Crippen LogP contribution in [0.1, 0.15) is 43.0 Å². The molecule has 0 saturated carbocycles.